The molecule has 12 heavy (non-hydrogen) atoms. The smallest absolute Gasteiger partial charge is 0.0794 e. The Hall–Kier alpha value is -0.410. The van der Waals surface area contributed by atoms with Gasteiger partial charge in [0.1, 0.15) is 0 Å². The number of aromatic nitrogens is 1. The van der Waals surface area contributed by atoms with Crippen LogP contribution in [0.15, 0.2) is 11.7 Å². The Morgan fingerprint density at radius 2 is 2.42 bits per heavy atom. The lowest BCUT2D eigenvalue weighted by Gasteiger charge is -2.13. The predicted octanol–water partition coefficient (Wildman–Crippen LogP) is 2.59. The van der Waals surface area contributed by atoms with E-state index in [0.29, 0.717) is 6.04 Å². The molecule has 0 aliphatic rings. The lowest BCUT2D eigenvalue weighted by Crippen LogP contribution is -2.20. The fourth-order valence-corrected chi connectivity index (χ4v) is 1.94. The molecule has 0 aliphatic carbocycles. The molecule has 1 rings (SSSR count). The van der Waals surface area contributed by atoms with Crippen LogP contribution in [0.5, 0.6) is 0 Å². The monoisotopic (exact) mass is 184 g/mol. The van der Waals surface area contributed by atoms with Crippen LogP contribution in [0.2, 0.25) is 0 Å². The Morgan fingerprint density at radius 3 is 2.92 bits per heavy atom. The molecule has 1 heterocycles. The van der Waals surface area contributed by atoms with E-state index >= 15 is 0 Å². The van der Waals surface area contributed by atoms with E-state index in [-0.39, 0.29) is 0 Å². The molecular weight excluding hydrogens is 168 g/mol. The average molecular weight is 184 g/mol. The summed E-state index contributed by atoms with van der Waals surface area (Å²) in [5.74, 6) is 0. The van der Waals surface area contributed by atoms with Gasteiger partial charge in [0, 0.05) is 17.1 Å². The number of hydrogen-bond acceptors (Lipinski definition) is 3. The van der Waals surface area contributed by atoms with Crippen molar-refractivity contribution in [3.8, 4) is 0 Å². The third kappa shape index (κ3) is 2.57. The van der Waals surface area contributed by atoms with E-state index in [1.165, 1.54) is 11.3 Å². The van der Waals surface area contributed by atoms with E-state index in [4.69, 9.17) is 0 Å². The van der Waals surface area contributed by atoms with E-state index in [1.807, 2.05) is 11.7 Å². The summed E-state index contributed by atoms with van der Waals surface area (Å²) in [5, 5.41) is 3.49. The highest BCUT2D eigenvalue weighted by Crippen LogP contribution is 2.19. The van der Waals surface area contributed by atoms with Crippen molar-refractivity contribution in [2.45, 2.75) is 32.7 Å². The van der Waals surface area contributed by atoms with Crippen molar-refractivity contribution in [2.24, 2.45) is 0 Å². The molecule has 1 N–H and O–H groups in total. The fraction of sp³-hybridized carbons (Fsp3) is 0.667. The standard InChI is InChI=1S/C9H16N2S/c1-3-5-11-8(4-2)9-6-10-7-12-9/h6-8,11H,3-5H2,1-2H3. The molecule has 0 aliphatic heterocycles. The highest BCUT2D eigenvalue weighted by atomic mass is 32.1. The lowest BCUT2D eigenvalue weighted by atomic mass is 10.2. The van der Waals surface area contributed by atoms with Crippen LogP contribution in [0.3, 0.4) is 0 Å². The topological polar surface area (TPSA) is 24.9 Å². The summed E-state index contributed by atoms with van der Waals surface area (Å²) < 4.78 is 0. The largest absolute Gasteiger partial charge is 0.309 e. The molecule has 1 aromatic heterocycles. The molecule has 1 atom stereocenters. The van der Waals surface area contributed by atoms with Crippen molar-refractivity contribution in [2.75, 3.05) is 6.54 Å². The molecule has 1 aromatic rings. The van der Waals surface area contributed by atoms with Gasteiger partial charge in [-0.15, -0.1) is 11.3 Å². The van der Waals surface area contributed by atoms with Crippen LogP contribution < -0.4 is 5.32 Å². The van der Waals surface area contributed by atoms with Gasteiger partial charge in [-0.25, -0.2) is 0 Å². The quantitative estimate of drug-likeness (QED) is 0.761. The SMILES string of the molecule is CCCNC(CC)c1cncs1. The van der Waals surface area contributed by atoms with E-state index in [1.54, 1.807) is 11.3 Å². The summed E-state index contributed by atoms with van der Waals surface area (Å²) in [6, 6.07) is 0.512. The normalized spacial score (nSPS) is 13.2. The summed E-state index contributed by atoms with van der Waals surface area (Å²) >= 11 is 1.73. The average Bonchev–Trinajstić information content (AvgIpc) is 2.59. The van der Waals surface area contributed by atoms with Crippen LogP contribution in [-0.4, -0.2) is 11.5 Å². The zero-order chi connectivity index (χ0) is 8.81. The van der Waals surface area contributed by atoms with Gasteiger partial charge in [-0.05, 0) is 19.4 Å². The van der Waals surface area contributed by atoms with Crippen molar-refractivity contribution >= 4 is 11.3 Å². The summed E-state index contributed by atoms with van der Waals surface area (Å²) in [6.07, 6.45) is 4.29. The van der Waals surface area contributed by atoms with Crippen molar-refractivity contribution in [3.05, 3.63) is 16.6 Å². The first-order chi connectivity index (χ1) is 5.88. The molecule has 0 amide bonds. The summed E-state index contributed by atoms with van der Waals surface area (Å²) in [5.41, 5.74) is 1.89. The molecule has 0 spiro atoms. The minimum Gasteiger partial charge on any atom is -0.309 e. The second kappa shape index (κ2) is 5.27. The molecule has 0 aromatic carbocycles. The number of nitrogens with zero attached hydrogens (tertiary/aromatic N) is 1. The van der Waals surface area contributed by atoms with Gasteiger partial charge in [0.25, 0.3) is 0 Å². The zero-order valence-electron chi connectivity index (χ0n) is 7.71. The first-order valence-corrected chi connectivity index (χ1v) is 5.38. The second-order valence-corrected chi connectivity index (χ2v) is 3.74. The third-order valence-corrected chi connectivity index (χ3v) is 2.73. The van der Waals surface area contributed by atoms with E-state index in [9.17, 15) is 0 Å². The molecule has 0 saturated heterocycles. The first-order valence-electron chi connectivity index (χ1n) is 4.50. The van der Waals surface area contributed by atoms with Crippen molar-refractivity contribution in [3.63, 3.8) is 0 Å². The van der Waals surface area contributed by atoms with Gasteiger partial charge in [0.05, 0.1) is 5.51 Å². The minimum atomic E-state index is 0.512. The highest BCUT2D eigenvalue weighted by Gasteiger charge is 2.08. The van der Waals surface area contributed by atoms with Gasteiger partial charge in [0.2, 0.25) is 0 Å². The minimum absolute atomic E-state index is 0.512. The van der Waals surface area contributed by atoms with Crippen LogP contribution in [0, 0.1) is 0 Å². The highest BCUT2D eigenvalue weighted by molar-refractivity contribution is 7.09. The summed E-state index contributed by atoms with van der Waals surface area (Å²) in [7, 11) is 0. The molecule has 1 unspecified atom stereocenters. The van der Waals surface area contributed by atoms with E-state index < -0.39 is 0 Å². The van der Waals surface area contributed by atoms with Crippen LogP contribution in [-0.2, 0) is 0 Å². The molecule has 0 fully saturated rings. The summed E-state index contributed by atoms with van der Waals surface area (Å²) in [4.78, 5) is 5.43. The van der Waals surface area contributed by atoms with Gasteiger partial charge in [0.15, 0.2) is 0 Å². The van der Waals surface area contributed by atoms with Gasteiger partial charge in [-0.3, -0.25) is 4.98 Å². The number of nitrogens with one attached hydrogen (secondary N) is 1. The van der Waals surface area contributed by atoms with Crippen molar-refractivity contribution < 1.29 is 0 Å². The van der Waals surface area contributed by atoms with E-state index in [0.717, 1.165) is 13.0 Å². The summed E-state index contributed by atoms with van der Waals surface area (Å²) in [6.45, 7) is 5.48. The fourth-order valence-electron chi connectivity index (χ4n) is 1.16. The molecule has 0 radical (unpaired) electrons. The lowest BCUT2D eigenvalue weighted by molar-refractivity contribution is 0.525. The maximum atomic E-state index is 4.08. The molecule has 2 nitrogen and oxygen atoms in total. The van der Waals surface area contributed by atoms with E-state index in [2.05, 4.69) is 24.1 Å². The van der Waals surface area contributed by atoms with Gasteiger partial charge in [-0.1, -0.05) is 13.8 Å². The van der Waals surface area contributed by atoms with Crippen LogP contribution >= 0.6 is 11.3 Å². The Bertz CT molecular complexity index is 196. The van der Waals surface area contributed by atoms with Crippen LogP contribution in [0.25, 0.3) is 0 Å². The van der Waals surface area contributed by atoms with Crippen molar-refractivity contribution in [1.82, 2.24) is 10.3 Å². The van der Waals surface area contributed by atoms with Crippen LogP contribution in [0.1, 0.15) is 37.6 Å². The maximum Gasteiger partial charge on any atom is 0.0794 e. The van der Waals surface area contributed by atoms with Gasteiger partial charge >= 0.3 is 0 Å². The van der Waals surface area contributed by atoms with Crippen LogP contribution in [0.4, 0.5) is 0 Å². The van der Waals surface area contributed by atoms with Crippen molar-refractivity contribution in [1.29, 1.82) is 0 Å². The Kier molecular flexibility index (Phi) is 4.25. The predicted molar refractivity (Wildman–Crippen MR) is 53.4 cm³/mol. The molecule has 68 valence electrons. The zero-order valence-corrected chi connectivity index (χ0v) is 8.53. The molecule has 0 saturated carbocycles. The molecular formula is C9H16N2S. The second-order valence-electron chi connectivity index (χ2n) is 2.82. The van der Waals surface area contributed by atoms with Gasteiger partial charge in [-0.2, -0.15) is 0 Å². The van der Waals surface area contributed by atoms with Gasteiger partial charge < -0.3 is 5.32 Å². The number of thiazole rings is 1. The number of hydrogen-bond donors (Lipinski definition) is 1. The Morgan fingerprint density at radius 1 is 1.58 bits per heavy atom. The first kappa shape index (κ1) is 9.68. The molecule has 3 heteroatoms. The molecule has 0 bridgehead atoms. The number of rotatable bonds is 5. The Balaban J connectivity index is 2.45. The third-order valence-electron chi connectivity index (χ3n) is 1.84. The maximum absolute atomic E-state index is 4.08. The Labute approximate surface area is 78.0 Å².